The number of fused-ring (bicyclic) bond motifs is 1. The van der Waals surface area contributed by atoms with Gasteiger partial charge in [0.15, 0.2) is 11.0 Å². The van der Waals surface area contributed by atoms with Crippen LogP contribution in [0.2, 0.25) is 5.15 Å². The molecule has 0 spiro atoms. The molecule has 31 heavy (non-hydrogen) atoms. The fraction of sp³-hybridized carbons (Fsp3) is 0.261. The Labute approximate surface area is 183 Å². The molecule has 1 saturated heterocycles. The van der Waals surface area contributed by atoms with Gasteiger partial charge in [0.25, 0.3) is 5.91 Å². The summed E-state index contributed by atoms with van der Waals surface area (Å²) in [7, 11) is 0. The number of nitrogens with zero attached hydrogens (tertiary/aromatic N) is 2. The first-order valence-corrected chi connectivity index (χ1v) is 10.3. The molecule has 2 aromatic carbocycles. The van der Waals surface area contributed by atoms with Crippen molar-refractivity contribution in [3.63, 3.8) is 0 Å². The van der Waals surface area contributed by atoms with Crippen LogP contribution in [-0.4, -0.2) is 52.6 Å². The highest BCUT2D eigenvalue weighted by Gasteiger charge is 2.32. The number of rotatable bonds is 5. The van der Waals surface area contributed by atoms with Gasteiger partial charge in [0, 0.05) is 24.8 Å². The minimum absolute atomic E-state index is 0.118. The third-order valence-electron chi connectivity index (χ3n) is 5.52. The number of carbonyl (C=O) groups is 1. The third kappa shape index (κ3) is 4.30. The van der Waals surface area contributed by atoms with Crippen LogP contribution >= 0.6 is 11.6 Å². The van der Waals surface area contributed by atoms with Gasteiger partial charge in [-0.3, -0.25) is 15.1 Å². The molecule has 0 bridgehead atoms. The molecule has 0 aliphatic carbocycles. The molecule has 1 aliphatic heterocycles. The first-order valence-electron chi connectivity index (χ1n) is 9.89. The van der Waals surface area contributed by atoms with Crippen molar-refractivity contribution in [3.8, 4) is 0 Å². The van der Waals surface area contributed by atoms with Crippen molar-refractivity contribution in [3.05, 3.63) is 76.3 Å². The van der Waals surface area contributed by atoms with Crippen LogP contribution in [0.1, 0.15) is 27.9 Å². The molecule has 2 heterocycles. The smallest absolute Gasteiger partial charge is 0.259 e. The van der Waals surface area contributed by atoms with Crippen LogP contribution in [0.25, 0.3) is 10.8 Å². The van der Waals surface area contributed by atoms with Crippen molar-refractivity contribution in [1.29, 1.82) is 5.41 Å². The van der Waals surface area contributed by atoms with E-state index in [1.54, 1.807) is 18.2 Å². The molecule has 8 heteroatoms. The average molecular weight is 442 g/mol. The minimum Gasteiger partial charge on any atom is -0.389 e. The number of aliphatic hydroxyl groups excluding tert-OH is 1. The van der Waals surface area contributed by atoms with Gasteiger partial charge < -0.3 is 9.84 Å². The molecule has 1 amide bonds. The molecule has 3 aromatic rings. The number of hydrogen-bond donors (Lipinski definition) is 2. The molecule has 6 nitrogen and oxygen atoms in total. The Morgan fingerprint density at radius 3 is 2.90 bits per heavy atom. The van der Waals surface area contributed by atoms with E-state index >= 15 is 0 Å². The molecular weight excluding hydrogens is 421 g/mol. The zero-order valence-corrected chi connectivity index (χ0v) is 17.3. The highest BCUT2D eigenvalue weighted by atomic mass is 35.5. The van der Waals surface area contributed by atoms with Crippen LogP contribution in [0, 0.1) is 11.2 Å². The maximum atomic E-state index is 14.5. The second kappa shape index (κ2) is 9.09. The van der Waals surface area contributed by atoms with E-state index in [1.807, 2.05) is 24.3 Å². The highest BCUT2D eigenvalue weighted by molar-refractivity contribution is 6.29. The van der Waals surface area contributed by atoms with Gasteiger partial charge in [0.05, 0.1) is 25.1 Å². The summed E-state index contributed by atoms with van der Waals surface area (Å²) < 4.78 is 19.7. The first-order chi connectivity index (χ1) is 15.0. The molecule has 4 rings (SSSR count). The third-order valence-corrected chi connectivity index (χ3v) is 5.79. The van der Waals surface area contributed by atoms with E-state index in [0.717, 1.165) is 22.7 Å². The normalized spacial score (nSPS) is 18.7. The number of carbonyl (C=O) groups excluding carboxylic acids is 1. The zero-order chi connectivity index (χ0) is 22.0. The van der Waals surface area contributed by atoms with E-state index in [4.69, 9.17) is 21.7 Å². The summed E-state index contributed by atoms with van der Waals surface area (Å²) in [5.74, 6) is -0.988. The summed E-state index contributed by atoms with van der Waals surface area (Å²) >= 11 is 5.83. The summed E-state index contributed by atoms with van der Waals surface area (Å²) in [5, 5.41) is 19.5. The molecule has 0 unspecified atom stereocenters. The van der Waals surface area contributed by atoms with E-state index in [2.05, 4.69) is 4.98 Å². The van der Waals surface area contributed by atoms with Crippen LogP contribution in [0.4, 0.5) is 4.39 Å². The molecular formula is C23H21ClFN3O3. The summed E-state index contributed by atoms with van der Waals surface area (Å²) in [4.78, 5) is 18.3. The van der Waals surface area contributed by atoms with Crippen LogP contribution in [0.15, 0.2) is 48.7 Å². The molecule has 0 radical (unpaired) electrons. The number of pyridine rings is 1. The lowest BCUT2D eigenvalue weighted by Gasteiger charge is -2.34. The zero-order valence-electron chi connectivity index (χ0n) is 16.6. The van der Waals surface area contributed by atoms with Gasteiger partial charge in [-0.05, 0) is 46.5 Å². The summed E-state index contributed by atoms with van der Waals surface area (Å²) in [6, 6.07) is 12.0. The number of halogens is 2. The van der Waals surface area contributed by atoms with Crippen LogP contribution in [-0.2, 0) is 11.2 Å². The van der Waals surface area contributed by atoms with Gasteiger partial charge in [0.2, 0.25) is 0 Å². The fourth-order valence-corrected chi connectivity index (χ4v) is 4.12. The largest absolute Gasteiger partial charge is 0.389 e. The lowest BCUT2D eigenvalue weighted by molar-refractivity contribution is -0.0439. The monoisotopic (exact) mass is 441 g/mol. The van der Waals surface area contributed by atoms with Gasteiger partial charge in [-0.1, -0.05) is 35.9 Å². The molecule has 1 aromatic heterocycles. The van der Waals surface area contributed by atoms with Crippen LogP contribution in [0.5, 0.6) is 0 Å². The Kier molecular flexibility index (Phi) is 6.27. The van der Waals surface area contributed by atoms with E-state index in [9.17, 15) is 14.3 Å². The predicted octanol–water partition coefficient (Wildman–Crippen LogP) is 3.82. The lowest BCUT2D eigenvalue weighted by Crippen LogP contribution is -2.50. The summed E-state index contributed by atoms with van der Waals surface area (Å²) in [5.41, 5.74) is 1.48. The van der Waals surface area contributed by atoms with Crippen molar-refractivity contribution in [2.45, 2.75) is 25.0 Å². The van der Waals surface area contributed by atoms with Crippen molar-refractivity contribution < 1.29 is 19.0 Å². The van der Waals surface area contributed by atoms with E-state index < -0.39 is 23.9 Å². The Hall–Kier alpha value is -2.87. The van der Waals surface area contributed by atoms with Crippen molar-refractivity contribution >= 4 is 34.6 Å². The Bertz CT molecular complexity index is 1140. The highest BCUT2D eigenvalue weighted by Crippen LogP contribution is 2.27. The van der Waals surface area contributed by atoms with Crippen molar-refractivity contribution in [1.82, 2.24) is 9.88 Å². The Balaban J connectivity index is 1.75. The predicted molar refractivity (Wildman–Crippen MR) is 116 cm³/mol. The topological polar surface area (TPSA) is 86.5 Å². The maximum absolute atomic E-state index is 14.5. The Morgan fingerprint density at radius 2 is 2.13 bits per heavy atom. The van der Waals surface area contributed by atoms with E-state index in [1.165, 1.54) is 11.1 Å². The van der Waals surface area contributed by atoms with E-state index in [0.29, 0.717) is 24.2 Å². The molecule has 0 saturated carbocycles. The SMILES string of the molecule is N=CN(C(=O)c1cc(Cc2ccnc(Cl)c2F)c2ccccc2c1)[C@H]1CCOC[C@@H]1O. The second-order valence-electron chi connectivity index (χ2n) is 7.45. The maximum Gasteiger partial charge on any atom is 0.259 e. The second-order valence-corrected chi connectivity index (χ2v) is 7.81. The summed E-state index contributed by atoms with van der Waals surface area (Å²) in [6.45, 7) is 0.526. The molecule has 2 atom stereocenters. The fourth-order valence-electron chi connectivity index (χ4n) is 3.95. The van der Waals surface area contributed by atoms with Crippen LogP contribution < -0.4 is 0 Å². The average Bonchev–Trinajstić information content (AvgIpc) is 2.78. The minimum atomic E-state index is -0.868. The number of amides is 1. The quantitative estimate of drug-likeness (QED) is 0.358. The number of ether oxygens (including phenoxy) is 1. The van der Waals surface area contributed by atoms with Gasteiger partial charge in [-0.2, -0.15) is 0 Å². The number of benzene rings is 2. The standard InChI is InChI=1S/C23H21ClFN3O3/c24-22-21(25)15(5-7-27-22)10-16-11-17(9-14-3-1-2-4-18(14)16)23(30)28(13-26)19-6-8-31-12-20(19)29/h1-5,7,9,11,13,19-20,26,29H,6,8,10,12H2/t19-,20-/m0/s1. The first kappa shape index (κ1) is 21.4. The van der Waals surface area contributed by atoms with Gasteiger partial charge in [0.1, 0.15) is 0 Å². The number of aromatic nitrogens is 1. The van der Waals surface area contributed by atoms with Gasteiger partial charge in [-0.15, -0.1) is 0 Å². The molecule has 1 fully saturated rings. The van der Waals surface area contributed by atoms with Gasteiger partial charge >= 0.3 is 0 Å². The number of aliphatic hydroxyl groups is 1. The summed E-state index contributed by atoms with van der Waals surface area (Å²) in [6.07, 6.45) is 2.18. The molecule has 160 valence electrons. The van der Waals surface area contributed by atoms with E-state index in [-0.39, 0.29) is 18.2 Å². The number of nitrogens with one attached hydrogen (secondary N) is 1. The lowest BCUT2D eigenvalue weighted by atomic mass is 9.95. The molecule has 2 N–H and O–H groups in total. The van der Waals surface area contributed by atoms with Crippen LogP contribution in [0.3, 0.4) is 0 Å². The molecule has 1 aliphatic rings. The van der Waals surface area contributed by atoms with Crippen molar-refractivity contribution in [2.24, 2.45) is 0 Å². The Morgan fingerprint density at radius 1 is 1.32 bits per heavy atom. The van der Waals surface area contributed by atoms with Gasteiger partial charge in [-0.25, -0.2) is 9.37 Å². The van der Waals surface area contributed by atoms with Crippen molar-refractivity contribution in [2.75, 3.05) is 13.2 Å². The number of hydrogen-bond acceptors (Lipinski definition) is 5.